The van der Waals surface area contributed by atoms with Gasteiger partial charge in [0.15, 0.2) is 0 Å². The summed E-state index contributed by atoms with van der Waals surface area (Å²) in [6.07, 6.45) is 1.34. The number of methoxy groups -OCH3 is 1. The fraction of sp³-hybridized carbons (Fsp3) is 0.438. The number of carbonyl (C=O) groups is 2. The minimum absolute atomic E-state index is 0.115. The highest BCUT2D eigenvalue weighted by Crippen LogP contribution is 2.12. The molecule has 1 aromatic rings. The molecule has 0 radical (unpaired) electrons. The number of carbonyl (C=O) groups excluding carboxylic acids is 2. The average molecular weight is 321 g/mol. The molecule has 0 heterocycles. The van der Waals surface area contributed by atoms with E-state index in [0.717, 1.165) is 11.3 Å². The summed E-state index contributed by atoms with van der Waals surface area (Å²) in [5.41, 5.74) is 3.12. The summed E-state index contributed by atoms with van der Waals surface area (Å²) in [7, 11) is 1.54. The van der Waals surface area contributed by atoms with E-state index >= 15 is 0 Å². The Morgan fingerprint density at radius 1 is 1.22 bits per heavy atom. The van der Waals surface area contributed by atoms with Gasteiger partial charge in [-0.25, -0.2) is 5.43 Å². The summed E-state index contributed by atoms with van der Waals surface area (Å²) < 4.78 is 10.3. The first-order valence-corrected chi connectivity index (χ1v) is 7.35. The third-order valence-corrected chi connectivity index (χ3v) is 2.60. The van der Waals surface area contributed by atoms with E-state index in [1.54, 1.807) is 0 Å². The molecule has 7 nitrogen and oxygen atoms in total. The van der Waals surface area contributed by atoms with Crippen LogP contribution in [0.5, 0.6) is 5.75 Å². The molecule has 126 valence electrons. The lowest BCUT2D eigenvalue weighted by Crippen LogP contribution is -2.31. The van der Waals surface area contributed by atoms with Crippen LogP contribution in [-0.4, -0.2) is 44.4 Å². The van der Waals surface area contributed by atoms with Gasteiger partial charge in [-0.15, -0.1) is 0 Å². The number of hydrogen-bond acceptors (Lipinski definition) is 5. The van der Waals surface area contributed by atoms with Crippen molar-refractivity contribution in [1.29, 1.82) is 0 Å². The Morgan fingerprint density at radius 3 is 2.52 bits per heavy atom. The van der Waals surface area contributed by atoms with Gasteiger partial charge < -0.3 is 14.8 Å². The van der Waals surface area contributed by atoms with Crippen LogP contribution < -0.4 is 15.5 Å². The van der Waals surface area contributed by atoms with Gasteiger partial charge in [0, 0.05) is 13.7 Å². The molecule has 1 aromatic carbocycles. The van der Waals surface area contributed by atoms with Crippen molar-refractivity contribution in [2.45, 2.75) is 26.4 Å². The molecule has 2 N–H and O–H groups in total. The van der Waals surface area contributed by atoms with Gasteiger partial charge >= 0.3 is 0 Å². The molecule has 0 atom stereocenters. The second-order valence-corrected chi connectivity index (χ2v) is 5.05. The van der Waals surface area contributed by atoms with Crippen molar-refractivity contribution >= 4 is 18.0 Å². The lowest BCUT2D eigenvalue weighted by atomic mass is 10.2. The number of amides is 2. The summed E-state index contributed by atoms with van der Waals surface area (Å²) in [6.45, 7) is 4.69. The number of rotatable bonds is 9. The second kappa shape index (κ2) is 10.3. The maximum atomic E-state index is 11.5. The van der Waals surface area contributed by atoms with Crippen LogP contribution in [0.15, 0.2) is 29.4 Å². The van der Waals surface area contributed by atoms with Gasteiger partial charge in [0.1, 0.15) is 12.2 Å². The average Bonchev–Trinajstić information content (AvgIpc) is 2.48. The van der Waals surface area contributed by atoms with Crippen LogP contribution in [0.25, 0.3) is 0 Å². The number of nitrogens with zero attached hydrogens (tertiary/aromatic N) is 1. The van der Waals surface area contributed by atoms with Crippen LogP contribution in [0.1, 0.15) is 25.8 Å². The van der Waals surface area contributed by atoms with Gasteiger partial charge in [0.25, 0.3) is 0 Å². The molecule has 1 rings (SSSR count). The van der Waals surface area contributed by atoms with Gasteiger partial charge in [-0.05, 0) is 43.7 Å². The second-order valence-electron chi connectivity index (χ2n) is 5.05. The van der Waals surface area contributed by atoms with E-state index in [1.807, 2.05) is 38.1 Å². The minimum Gasteiger partial charge on any atom is -0.491 e. The standard InChI is InChI=1S/C16H23N3O4/c1-12(2)23-14-6-4-13(5-7-14)11-18-19-16(21)10-15(20)17-8-9-22-3/h4-7,11-12H,8-10H2,1-3H3,(H,17,20)(H,19,21)/b18-11+. The Bertz CT molecular complexity index is 527. The Balaban J connectivity index is 2.34. The van der Waals surface area contributed by atoms with Crippen LogP contribution >= 0.6 is 0 Å². The predicted molar refractivity (Wildman–Crippen MR) is 87.4 cm³/mol. The third kappa shape index (κ3) is 8.57. The van der Waals surface area contributed by atoms with Crippen molar-refractivity contribution in [3.63, 3.8) is 0 Å². The normalized spacial score (nSPS) is 10.8. The Hall–Kier alpha value is -2.41. The Labute approximate surface area is 136 Å². The van der Waals surface area contributed by atoms with Crippen LogP contribution in [-0.2, 0) is 14.3 Å². The van der Waals surface area contributed by atoms with E-state index in [4.69, 9.17) is 9.47 Å². The summed E-state index contributed by atoms with van der Waals surface area (Å²) in [5, 5.41) is 6.37. The summed E-state index contributed by atoms with van der Waals surface area (Å²) in [5.74, 6) is -0.0743. The third-order valence-electron chi connectivity index (χ3n) is 2.60. The molecule has 0 aromatic heterocycles. The number of hydrogen-bond donors (Lipinski definition) is 2. The molecule has 0 aliphatic heterocycles. The molecule has 0 spiro atoms. The van der Waals surface area contributed by atoms with Crippen molar-refractivity contribution in [2.75, 3.05) is 20.3 Å². The highest BCUT2D eigenvalue weighted by molar-refractivity contribution is 5.97. The molecule has 0 bridgehead atoms. The van der Waals surface area contributed by atoms with Crippen molar-refractivity contribution in [2.24, 2.45) is 5.10 Å². The van der Waals surface area contributed by atoms with Crippen molar-refractivity contribution in [3.05, 3.63) is 29.8 Å². The highest BCUT2D eigenvalue weighted by Gasteiger charge is 2.07. The van der Waals surface area contributed by atoms with Crippen LogP contribution in [0, 0.1) is 0 Å². The van der Waals surface area contributed by atoms with Crippen molar-refractivity contribution in [3.8, 4) is 5.75 Å². The molecule has 0 saturated carbocycles. The number of ether oxygens (including phenoxy) is 2. The first-order chi connectivity index (χ1) is 11.0. The van der Waals surface area contributed by atoms with E-state index in [-0.39, 0.29) is 18.4 Å². The number of hydrazone groups is 1. The minimum atomic E-state index is -0.476. The zero-order valence-corrected chi connectivity index (χ0v) is 13.7. The molecule has 0 aliphatic rings. The molecule has 2 amide bonds. The van der Waals surface area contributed by atoms with Crippen LogP contribution in [0.3, 0.4) is 0 Å². The summed E-state index contributed by atoms with van der Waals surface area (Å²) in [4.78, 5) is 22.9. The van der Waals surface area contributed by atoms with Crippen LogP contribution in [0.2, 0.25) is 0 Å². The number of benzene rings is 1. The fourth-order valence-electron chi connectivity index (χ4n) is 1.62. The van der Waals surface area contributed by atoms with Gasteiger partial charge in [-0.3, -0.25) is 9.59 Å². The maximum absolute atomic E-state index is 11.5. The predicted octanol–water partition coefficient (Wildman–Crippen LogP) is 1.08. The van der Waals surface area contributed by atoms with Gasteiger partial charge in [0.2, 0.25) is 11.8 Å². The maximum Gasteiger partial charge on any atom is 0.249 e. The fourth-order valence-corrected chi connectivity index (χ4v) is 1.62. The zero-order chi connectivity index (χ0) is 17.1. The first-order valence-electron chi connectivity index (χ1n) is 7.35. The summed E-state index contributed by atoms with van der Waals surface area (Å²) >= 11 is 0. The topological polar surface area (TPSA) is 89.0 Å². The van der Waals surface area contributed by atoms with E-state index < -0.39 is 5.91 Å². The molecule has 0 unspecified atom stereocenters. The van der Waals surface area contributed by atoms with Crippen molar-refractivity contribution < 1.29 is 19.1 Å². The van der Waals surface area contributed by atoms with Crippen molar-refractivity contribution in [1.82, 2.24) is 10.7 Å². The monoisotopic (exact) mass is 321 g/mol. The zero-order valence-electron chi connectivity index (χ0n) is 13.7. The largest absolute Gasteiger partial charge is 0.491 e. The van der Waals surface area contributed by atoms with E-state index in [2.05, 4.69) is 15.8 Å². The molecular weight excluding hydrogens is 298 g/mol. The van der Waals surface area contributed by atoms with Gasteiger partial charge in [-0.1, -0.05) is 0 Å². The number of nitrogens with one attached hydrogen (secondary N) is 2. The highest BCUT2D eigenvalue weighted by atomic mass is 16.5. The van der Waals surface area contributed by atoms with Gasteiger partial charge in [0.05, 0.1) is 18.9 Å². The lowest BCUT2D eigenvalue weighted by Gasteiger charge is -2.09. The molecule has 0 aliphatic carbocycles. The molecule has 23 heavy (non-hydrogen) atoms. The molecule has 0 fully saturated rings. The van der Waals surface area contributed by atoms with E-state index in [9.17, 15) is 9.59 Å². The molecule has 0 saturated heterocycles. The SMILES string of the molecule is COCCNC(=O)CC(=O)N/N=C/c1ccc(OC(C)C)cc1. The summed E-state index contributed by atoms with van der Waals surface area (Å²) in [6, 6.07) is 7.30. The quantitative estimate of drug-likeness (QED) is 0.308. The van der Waals surface area contributed by atoms with Gasteiger partial charge in [-0.2, -0.15) is 5.10 Å². The van der Waals surface area contributed by atoms with Crippen LogP contribution in [0.4, 0.5) is 0 Å². The smallest absolute Gasteiger partial charge is 0.249 e. The molecule has 7 heteroatoms. The van der Waals surface area contributed by atoms with E-state index in [0.29, 0.717) is 13.2 Å². The lowest BCUT2D eigenvalue weighted by molar-refractivity contribution is -0.129. The Kier molecular flexibility index (Phi) is 8.38. The van der Waals surface area contributed by atoms with E-state index in [1.165, 1.54) is 13.3 Å². The Morgan fingerprint density at radius 2 is 1.91 bits per heavy atom. The molecular formula is C16H23N3O4. The first kappa shape index (κ1) is 18.6.